The Morgan fingerprint density at radius 2 is 1.85 bits per heavy atom. The summed E-state index contributed by atoms with van der Waals surface area (Å²) in [5, 5.41) is 4.98. The SMILES string of the molecule is CC1(C)Cc2ccccc2C1Nc1cc(Cl)ccc1Cl. The minimum atomic E-state index is 0.148. The maximum Gasteiger partial charge on any atom is 0.0638 e. The molecule has 0 heterocycles. The van der Waals surface area contributed by atoms with Gasteiger partial charge in [-0.1, -0.05) is 61.3 Å². The number of fused-ring (bicyclic) bond motifs is 1. The molecule has 0 amide bonds. The van der Waals surface area contributed by atoms with E-state index in [0.29, 0.717) is 10.0 Å². The van der Waals surface area contributed by atoms with Crippen molar-refractivity contribution in [3.8, 4) is 0 Å². The van der Waals surface area contributed by atoms with E-state index in [1.54, 1.807) is 0 Å². The summed E-state index contributed by atoms with van der Waals surface area (Å²) in [5.74, 6) is 0. The third-order valence-electron chi connectivity index (χ3n) is 4.02. The van der Waals surface area contributed by atoms with Crippen LogP contribution in [-0.2, 0) is 6.42 Å². The second-order valence-electron chi connectivity index (χ2n) is 6.07. The smallest absolute Gasteiger partial charge is 0.0638 e. The molecule has 20 heavy (non-hydrogen) atoms. The first-order valence-corrected chi connectivity index (χ1v) is 7.52. The first kappa shape index (κ1) is 13.8. The average Bonchev–Trinajstić information content (AvgIpc) is 2.65. The van der Waals surface area contributed by atoms with Crippen LogP contribution in [0.15, 0.2) is 42.5 Å². The molecule has 0 radical (unpaired) electrons. The highest BCUT2D eigenvalue weighted by Gasteiger charge is 2.38. The van der Waals surface area contributed by atoms with E-state index in [2.05, 4.69) is 43.4 Å². The maximum atomic E-state index is 6.27. The molecule has 1 unspecified atom stereocenters. The summed E-state index contributed by atoms with van der Waals surface area (Å²) in [4.78, 5) is 0. The molecule has 3 rings (SSSR count). The number of nitrogens with one attached hydrogen (secondary N) is 1. The second kappa shape index (κ2) is 4.98. The van der Waals surface area contributed by atoms with Crippen molar-refractivity contribution >= 4 is 28.9 Å². The quantitative estimate of drug-likeness (QED) is 0.747. The van der Waals surface area contributed by atoms with Crippen molar-refractivity contribution in [3.63, 3.8) is 0 Å². The summed E-state index contributed by atoms with van der Waals surface area (Å²) < 4.78 is 0. The van der Waals surface area contributed by atoms with Gasteiger partial charge in [0.05, 0.1) is 16.8 Å². The standard InChI is InChI=1S/C17H17Cl2N/c1-17(2)10-11-5-3-4-6-13(11)16(17)20-15-9-12(18)7-8-14(15)19/h3-9,16,20H,10H2,1-2H3. The van der Waals surface area contributed by atoms with Crippen molar-refractivity contribution in [2.45, 2.75) is 26.3 Å². The van der Waals surface area contributed by atoms with Gasteiger partial charge >= 0.3 is 0 Å². The Morgan fingerprint density at radius 3 is 2.65 bits per heavy atom. The largest absolute Gasteiger partial charge is 0.376 e. The highest BCUT2D eigenvalue weighted by Crippen LogP contribution is 2.47. The fraction of sp³-hybridized carbons (Fsp3) is 0.294. The van der Waals surface area contributed by atoms with Gasteiger partial charge in [-0.3, -0.25) is 0 Å². The van der Waals surface area contributed by atoms with Crippen LogP contribution in [0.2, 0.25) is 10.0 Å². The predicted molar refractivity (Wildman–Crippen MR) is 86.8 cm³/mol. The van der Waals surface area contributed by atoms with Crippen LogP contribution >= 0.6 is 23.2 Å². The summed E-state index contributed by atoms with van der Waals surface area (Å²) in [6.07, 6.45) is 1.07. The van der Waals surface area contributed by atoms with Gasteiger partial charge in [-0.25, -0.2) is 0 Å². The van der Waals surface area contributed by atoms with Crippen molar-refractivity contribution < 1.29 is 0 Å². The Labute approximate surface area is 129 Å². The van der Waals surface area contributed by atoms with E-state index in [4.69, 9.17) is 23.2 Å². The predicted octanol–water partition coefficient (Wildman–Crippen LogP) is 5.73. The zero-order valence-electron chi connectivity index (χ0n) is 11.6. The molecule has 0 fully saturated rings. The summed E-state index contributed by atoms with van der Waals surface area (Å²) >= 11 is 12.3. The van der Waals surface area contributed by atoms with Gasteiger partial charge in [0.15, 0.2) is 0 Å². The molecule has 2 aromatic carbocycles. The van der Waals surface area contributed by atoms with Gasteiger partial charge in [0.1, 0.15) is 0 Å². The maximum absolute atomic E-state index is 6.27. The molecule has 0 aromatic heterocycles. The van der Waals surface area contributed by atoms with Crippen LogP contribution in [0.25, 0.3) is 0 Å². The molecule has 0 saturated heterocycles. The Bertz CT molecular complexity index is 649. The minimum absolute atomic E-state index is 0.148. The van der Waals surface area contributed by atoms with Crippen LogP contribution in [0.3, 0.4) is 0 Å². The highest BCUT2D eigenvalue weighted by molar-refractivity contribution is 6.35. The summed E-state index contributed by atoms with van der Waals surface area (Å²) in [6, 6.07) is 14.4. The van der Waals surface area contributed by atoms with Gasteiger partial charge in [0.25, 0.3) is 0 Å². The molecule has 0 spiro atoms. The van der Waals surface area contributed by atoms with Gasteiger partial charge < -0.3 is 5.32 Å². The van der Waals surface area contributed by atoms with Crippen LogP contribution in [0.1, 0.15) is 31.0 Å². The Morgan fingerprint density at radius 1 is 1.10 bits per heavy atom. The third kappa shape index (κ3) is 2.41. The molecule has 0 bridgehead atoms. The lowest BCUT2D eigenvalue weighted by Gasteiger charge is -2.30. The molecule has 1 nitrogen and oxygen atoms in total. The highest BCUT2D eigenvalue weighted by atomic mass is 35.5. The first-order valence-electron chi connectivity index (χ1n) is 6.77. The normalized spacial score (nSPS) is 19.7. The monoisotopic (exact) mass is 305 g/mol. The van der Waals surface area contributed by atoms with Gasteiger partial charge in [0.2, 0.25) is 0 Å². The number of rotatable bonds is 2. The first-order chi connectivity index (χ1) is 9.47. The van der Waals surface area contributed by atoms with E-state index >= 15 is 0 Å². The van der Waals surface area contributed by atoms with Crippen molar-refractivity contribution in [2.24, 2.45) is 5.41 Å². The van der Waals surface area contributed by atoms with Gasteiger partial charge in [-0.05, 0) is 41.2 Å². The second-order valence-corrected chi connectivity index (χ2v) is 6.91. The van der Waals surface area contributed by atoms with E-state index in [9.17, 15) is 0 Å². The van der Waals surface area contributed by atoms with Gasteiger partial charge in [-0.15, -0.1) is 0 Å². The zero-order chi connectivity index (χ0) is 14.3. The fourth-order valence-corrected chi connectivity index (χ4v) is 3.37. The van der Waals surface area contributed by atoms with Crippen LogP contribution in [0.4, 0.5) is 5.69 Å². The Balaban J connectivity index is 1.99. The molecular formula is C17H17Cl2N. The van der Waals surface area contributed by atoms with E-state index in [1.165, 1.54) is 11.1 Å². The molecule has 1 atom stereocenters. The van der Waals surface area contributed by atoms with E-state index in [0.717, 1.165) is 12.1 Å². The fourth-order valence-electron chi connectivity index (χ4n) is 3.03. The van der Waals surface area contributed by atoms with E-state index < -0.39 is 0 Å². The number of hydrogen-bond acceptors (Lipinski definition) is 1. The lowest BCUT2D eigenvalue weighted by molar-refractivity contribution is 0.337. The third-order valence-corrected chi connectivity index (χ3v) is 4.59. The van der Waals surface area contributed by atoms with Gasteiger partial charge in [-0.2, -0.15) is 0 Å². The van der Waals surface area contributed by atoms with E-state index in [-0.39, 0.29) is 11.5 Å². The summed E-state index contributed by atoms with van der Waals surface area (Å²) in [7, 11) is 0. The molecule has 104 valence electrons. The van der Waals surface area contributed by atoms with Crippen molar-refractivity contribution in [1.82, 2.24) is 0 Å². The zero-order valence-corrected chi connectivity index (χ0v) is 13.1. The Kier molecular flexibility index (Phi) is 3.43. The molecule has 1 aliphatic carbocycles. The molecule has 2 aromatic rings. The Hall–Kier alpha value is -1.18. The van der Waals surface area contributed by atoms with Crippen LogP contribution in [-0.4, -0.2) is 0 Å². The summed E-state index contributed by atoms with van der Waals surface area (Å²) in [6.45, 7) is 4.56. The molecule has 0 saturated carbocycles. The van der Waals surface area contributed by atoms with Crippen molar-refractivity contribution in [2.75, 3.05) is 5.32 Å². The average molecular weight is 306 g/mol. The topological polar surface area (TPSA) is 12.0 Å². The minimum Gasteiger partial charge on any atom is -0.376 e. The van der Waals surface area contributed by atoms with Crippen LogP contribution in [0, 0.1) is 5.41 Å². The number of hydrogen-bond donors (Lipinski definition) is 1. The molecule has 3 heteroatoms. The summed E-state index contributed by atoms with van der Waals surface area (Å²) in [5.41, 5.74) is 3.81. The molecule has 0 aliphatic heterocycles. The molecular weight excluding hydrogens is 289 g/mol. The van der Waals surface area contributed by atoms with E-state index in [1.807, 2.05) is 18.2 Å². The molecule has 1 N–H and O–H groups in total. The number of benzene rings is 2. The van der Waals surface area contributed by atoms with Gasteiger partial charge in [0, 0.05) is 5.02 Å². The van der Waals surface area contributed by atoms with Crippen molar-refractivity contribution in [3.05, 3.63) is 63.6 Å². The van der Waals surface area contributed by atoms with Crippen LogP contribution in [0.5, 0.6) is 0 Å². The van der Waals surface area contributed by atoms with Crippen molar-refractivity contribution in [1.29, 1.82) is 0 Å². The number of anilines is 1. The lowest BCUT2D eigenvalue weighted by Crippen LogP contribution is -2.24. The van der Waals surface area contributed by atoms with Crippen LogP contribution < -0.4 is 5.32 Å². The molecule has 1 aliphatic rings. The number of halogens is 2. The lowest BCUT2D eigenvalue weighted by atomic mass is 9.85.